The van der Waals surface area contributed by atoms with E-state index in [-0.39, 0.29) is 30.6 Å². The molecule has 0 saturated heterocycles. The molecule has 0 radical (unpaired) electrons. The third kappa shape index (κ3) is 3.94. The van der Waals surface area contributed by atoms with Crippen LogP contribution >= 0.6 is 12.4 Å². The topological polar surface area (TPSA) is 26.0 Å². The summed E-state index contributed by atoms with van der Waals surface area (Å²) in [5, 5.41) is 0. The molecule has 21 heavy (non-hydrogen) atoms. The number of hydrogen-bond donors (Lipinski definition) is 1. The van der Waals surface area contributed by atoms with Crippen molar-refractivity contribution in [3.8, 4) is 0 Å². The van der Waals surface area contributed by atoms with E-state index in [1.165, 1.54) is 0 Å². The van der Waals surface area contributed by atoms with Gasteiger partial charge in [-0.2, -0.15) is 35.1 Å². The maximum absolute atomic E-state index is 13.2. The van der Waals surface area contributed by atoms with Gasteiger partial charge in [0.15, 0.2) is 0 Å². The van der Waals surface area contributed by atoms with E-state index in [2.05, 4.69) is 5.73 Å². The fraction of sp³-hybridized carbons (Fsp3) is 0.400. The molecular weight excluding hydrogens is 341 g/mol. The van der Waals surface area contributed by atoms with E-state index in [4.69, 9.17) is 0 Å². The van der Waals surface area contributed by atoms with Crippen molar-refractivity contribution in [1.82, 2.24) is 0 Å². The Hall–Kier alpha value is -1.16. The first kappa shape index (κ1) is 19.8. The van der Waals surface area contributed by atoms with E-state index < -0.39 is 41.3 Å². The van der Waals surface area contributed by atoms with E-state index in [9.17, 15) is 39.5 Å². The van der Waals surface area contributed by atoms with Crippen molar-refractivity contribution in [2.45, 2.75) is 24.3 Å². The van der Waals surface area contributed by atoms with Crippen LogP contribution in [0, 0.1) is 5.82 Å². The summed E-state index contributed by atoms with van der Waals surface area (Å²) in [7, 11) is 0. The SMILES string of the molecule is Cl.N[C@@H](c1cc(C(F)(F)F)ccc1F)C(F)(F)C(F)(F)F. The Morgan fingerprint density at radius 3 is 1.76 bits per heavy atom. The standard InChI is InChI=1S/C10H6F9N.ClH/c11-6-2-1-4(9(14,15)16)3-5(6)7(20)8(12,13)10(17,18)19;/h1-3,7H,20H2;1H/t7-;/m0./s1. The zero-order valence-corrected chi connectivity index (χ0v) is 10.5. The minimum atomic E-state index is -6.12. The van der Waals surface area contributed by atoms with Gasteiger partial charge in [-0.25, -0.2) is 4.39 Å². The van der Waals surface area contributed by atoms with Crippen LogP contribution in [0.3, 0.4) is 0 Å². The molecule has 1 aromatic rings. The van der Waals surface area contributed by atoms with Gasteiger partial charge in [-0.3, -0.25) is 0 Å². The molecule has 1 atom stereocenters. The van der Waals surface area contributed by atoms with Crippen LogP contribution in [-0.4, -0.2) is 12.1 Å². The minimum absolute atomic E-state index is 0. The summed E-state index contributed by atoms with van der Waals surface area (Å²) in [4.78, 5) is 0. The van der Waals surface area contributed by atoms with Gasteiger partial charge in [0.25, 0.3) is 0 Å². The highest BCUT2D eigenvalue weighted by molar-refractivity contribution is 5.85. The highest BCUT2D eigenvalue weighted by atomic mass is 35.5. The highest BCUT2D eigenvalue weighted by Crippen LogP contribution is 2.44. The van der Waals surface area contributed by atoms with Crippen molar-refractivity contribution < 1.29 is 39.5 Å². The Bertz CT molecular complexity index is 494. The molecule has 1 rings (SSSR count). The molecule has 0 bridgehead atoms. The van der Waals surface area contributed by atoms with Crippen LogP contribution in [0.2, 0.25) is 0 Å². The van der Waals surface area contributed by atoms with Gasteiger partial charge in [0, 0.05) is 5.56 Å². The van der Waals surface area contributed by atoms with E-state index >= 15 is 0 Å². The second-order valence-electron chi connectivity index (χ2n) is 3.83. The molecule has 0 saturated carbocycles. The summed E-state index contributed by atoms with van der Waals surface area (Å²) in [5.41, 5.74) is 1.45. The molecule has 0 aliphatic heterocycles. The predicted molar refractivity (Wildman–Crippen MR) is 56.6 cm³/mol. The molecule has 0 spiro atoms. The lowest BCUT2D eigenvalue weighted by molar-refractivity contribution is -0.291. The van der Waals surface area contributed by atoms with Gasteiger partial charge >= 0.3 is 18.3 Å². The maximum Gasteiger partial charge on any atom is 0.455 e. The van der Waals surface area contributed by atoms with Crippen molar-refractivity contribution in [3.63, 3.8) is 0 Å². The third-order valence-corrected chi connectivity index (χ3v) is 2.43. The number of alkyl halides is 8. The normalized spacial score (nSPS) is 14.6. The summed E-state index contributed by atoms with van der Waals surface area (Å²) in [5.74, 6) is -7.26. The molecule has 0 unspecified atom stereocenters. The second-order valence-corrected chi connectivity index (χ2v) is 3.83. The second kappa shape index (κ2) is 5.91. The molecule has 0 heterocycles. The minimum Gasteiger partial charge on any atom is -0.319 e. The largest absolute Gasteiger partial charge is 0.455 e. The smallest absolute Gasteiger partial charge is 0.319 e. The first-order chi connectivity index (χ1) is 8.78. The first-order valence-electron chi connectivity index (χ1n) is 4.85. The molecule has 0 aliphatic rings. The molecule has 2 N–H and O–H groups in total. The molecule has 1 nitrogen and oxygen atoms in total. The lowest BCUT2D eigenvalue weighted by Crippen LogP contribution is -2.46. The Morgan fingerprint density at radius 2 is 1.38 bits per heavy atom. The fourth-order valence-corrected chi connectivity index (χ4v) is 1.33. The zero-order chi connectivity index (χ0) is 15.9. The molecule has 11 heteroatoms. The summed E-state index contributed by atoms with van der Waals surface area (Å²) >= 11 is 0. The van der Waals surface area contributed by atoms with E-state index in [1.807, 2.05) is 0 Å². The number of benzene rings is 1. The average Bonchev–Trinajstić information content (AvgIpc) is 2.25. The molecule has 0 aromatic heterocycles. The predicted octanol–water partition coefficient (Wildman–Crippen LogP) is 4.46. The van der Waals surface area contributed by atoms with Crippen LogP contribution in [-0.2, 0) is 6.18 Å². The van der Waals surface area contributed by atoms with E-state index in [0.717, 1.165) is 0 Å². The average molecular weight is 348 g/mol. The molecule has 122 valence electrons. The molecule has 0 fully saturated rings. The summed E-state index contributed by atoms with van der Waals surface area (Å²) in [6.45, 7) is 0. The highest BCUT2D eigenvalue weighted by Gasteiger charge is 2.62. The Morgan fingerprint density at radius 1 is 0.905 bits per heavy atom. The van der Waals surface area contributed by atoms with Gasteiger partial charge in [-0.15, -0.1) is 12.4 Å². The van der Waals surface area contributed by atoms with Crippen LogP contribution in [0.5, 0.6) is 0 Å². The monoisotopic (exact) mass is 347 g/mol. The van der Waals surface area contributed by atoms with Gasteiger partial charge in [-0.1, -0.05) is 0 Å². The molecular formula is C10H7ClF9N. The van der Waals surface area contributed by atoms with Crippen molar-refractivity contribution in [3.05, 3.63) is 35.1 Å². The number of nitrogens with two attached hydrogens (primary N) is 1. The van der Waals surface area contributed by atoms with Gasteiger partial charge < -0.3 is 5.73 Å². The first-order valence-corrected chi connectivity index (χ1v) is 4.85. The van der Waals surface area contributed by atoms with Crippen molar-refractivity contribution in [2.75, 3.05) is 0 Å². The van der Waals surface area contributed by atoms with Crippen molar-refractivity contribution >= 4 is 12.4 Å². The summed E-state index contributed by atoms with van der Waals surface area (Å²) < 4.78 is 112. The van der Waals surface area contributed by atoms with Gasteiger partial charge in [-0.05, 0) is 18.2 Å². The van der Waals surface area contributed by atoms with Gasteiger partial charge in [0.2, 0.25) is 0 Å². The van der Waals surface area contributed by atoms with Gasteiger partial charge in [0.05, 0.1) is 5.56 Å². The summed E-state index contributed by atoms with van der Waals surface area (Å²) in [6, 6.07) is -3.12. The zero-order valence-electron chi connectivity index (χ0n) is 9.70. The van der Waals surface area contributed by atoms with Crippen LogP contribution in [0.4, 0.5) is 39.5 Å². The molecule has 0 amide bonds. The molecule has 0 aliphatic carbocycles. The van der Waals surface area contributed by atoms with Crippen LogP contribution in [0.25, 0.3) is 0 Å². The van der Waals surface area contributed by atoms with Crippen LogP contribution in [0.15, 0.2) is 18.2 Å². The molecule has 1 aromatic carbocycles. The lowest BCUT2D eigenvalue weighted by atomic mass is 9.98. The number of hydrogen-bond acceptors (Lipinski definition) is 1. The third-order valence-electron chi connectivity index (χ3n) is 2.43. The maximum atomic E-state index is 13.2. The Balaban J connectivity index is 0.00000400. The van der Waals surface area contributed by atoms with Crippen LogP contribution < -0.4 is 5.73 Å². The van der Waals surface area contributed by atoms with Gasteiger partial charge in [0.1, 0.15) is 11.9 Å². The van der Waals surface area contributed by atoms with Crippen molar-refractivity contribution in [2.24, 2.45) is 5.73 Å². The quantitative estimate of drug-likeness (QED) is 0.785. The van der Waals surface area contributed by atoms with E-state index in [1.54, 1.807) is 0 Å². The fourth-order valence-electron chi connectivity index (χ4n) is 1.33. The number of halogens is 10. The van der Waals surface area contributed by atoms with Crippen molar-refractivity contribution in [1.29, 1.82) is 0 Å². The Labute approximate surface area is 118 Å². The summed E-state index contributed by atoms with van der Waals surface area (Å²) in [6.07, 6.45) is -11.2. The Kier molecular flexibility index (Phi) is 5.59. The number of rotatable bonds is 2. The van der Waals surface area contributed by atoms with Crippen LogP contribution in [0.1, 0.15) is 17.2 Å². The van der Waals surface area contributed by atoms with E-state index in [0.29, 0.717) is 0 Å². The lowest BCUT2D eigenvalue weighted by Gasteiger charge is -2.26.